The van der Waals surface area contributed by atoms with Gasteiger partial charge in [0, 0.05) is 6.20 Å². The minimum absolute atomic E-state index is 0.124. The molecule has 0 bridgehead atoms. The number of hydrogen-bond donors (Lipinski definition) is 2. The summed E-state index contributed by atoms with van der Waals surface area (Å²) in [6.07, 6.45) is 3.46. The van der Waals surface area contributed by atoms with E-state index in [0.29, 0.717) is 11.5 Å². The van der Waals surface area contributed by atoms with Gasteiger partial charge in [-0.3, -0.25) is 0 Å². The Balaban J connectivity index is 2.06. The van der Waals surface area contributed by atoms with Crippen LogP contribution in [0.5, 0.6) is 0 Å². The van der Waals surface area contributed by atoms with Crippen molar-refractivity contribution in [3.05, 3.63) is 23.9 Å². The smallest absolute Gasteiger partial charge is 0.126 e. The quantitative estimate of drug-likeness (QED) is 0.805. The molecule has 0 saturated heterocycles. The molecule has 1 saturated carbocycles. The first-order chi connectivity index (χ1) is 7.67. The molecular formula is C12H15N3O. The van der Waals surface area contributed by atoms with E-state index in [1.165, 1.54) is 6.20 Å². The highest BCUT2D eigenvalue weighted by molar-refractivity contribution is 5.42. The van der Waals surface area contributed by atoms with Gasteiger partial charge in [-0.1, -0.05) is 6.92 Å². The maximum absolute atomic E-state index is 9.37. The van der Waals surface area contributed by atoms with Crippen LogP contribution in [0.2, 0.25) is 0 Å². The van der Waals surface area contributed by atoms with Crippen molar-refractivity contribution in [2.24, 2.45) is 5.92 Å². The van der Waals surface area contributed by atoms with Gasteiger partial charge in [0.25, 0.3) is 0 Å². The summed E-state index contributed by atoms with van der Waals surface area (Å²) in [4.78, 5) is 4.14. The molecule has 2 N–H and O–H groups in total. The number of nitrogens with one attached hydrogen (secondary N) is 1. The van der Waals surface area contributed by atoms with E-state index in [1.54, 1.807) is 12.1 Å². The summed E-state index contributed by atoms with van der Waals surface area (Å²) in [5.74, 6) is 1.37. The molecule has 4 heteroatoms. The second-order valence-electron chi connectivity index (χ2n) is 4.62. The van der Waals surface area contributed by atoms with Gasteiger partial charge in [-0.2, -0.15) is 5.26 Å². The number of nitriles is 1. The third-order valence-electron chi connectivity index (χ3n) is 3.07. The number of aromatic nitrogens is 1. The Morgan fingerprint density at radius 1 is 1.62 bits per heavy atom. The van der Waals surface area contributed by atoms with E-state index in [1.807, 2.05) is 6.07 Å². The van der Waals surface area contributed by atoms with E-state index in [9.17, 15) is 5.11 Å². The molecule has 0 unspecified atom stereocenters. The number of pyridine rings is 1. The van der Waals surface area contributed by atoms with Crippen LogP contribution < -0.4 is 5.32 Å². The van der Waals surface area contributed by atoms with Crippen molar-refractivity contribution in [2.45, 2.75) is 25.3 Å². The first-order valence-electron chi connectivity index (χ1n) is 5.43. The Bertz CT molecular complexity index is 401. The van der Waals surface area contributed by atoms with Crippen LogP contribution in [-0.4, -0.2) is 22.2 Å². The van der Waals surface area contributed by atoms with E-state index in [4.69, 9.17) is 5.26 Å². The van der Waals surface area contributed by atoms with Gasteiger partial charge in [0.15, 0.2) is 0 Å². The molecular weight excluding hydrogens is 202 g/mol. The van der Waals surface area contributed by atoms with Gasteiger partial charge < -0.3 is 10.4 Å². The van der Waals surface area contributed by atoms with Gasteiger partial charge in [0.05, 0.1) is 17.7 Å². The van der Waals surface area contributed by atoms with Crippen LogP contribution in [0.4, 0.5) is 5.82 Å². The fraction of sp³-hybridized carbons (Fsp3) is 0.500. The summed E-state index contributed by atoms with van der Waals surface area (Å²) in [7, 11) is 0. The van der Waals surface area contributed by atoms with E-state index in [2.05, 4.69) is 17.2 Å². The second-order valence-corrected chi connectivity index (χ2v) is 4.62. The lowest BCUT2D eigenvalue weighted by atomic mass is 9.69. The lowest BCUT2D eigenvalue weighted by Crippen LogP contribution is -2.52. The second kappa shape index (κ2) is 4.11. The fourth-order valence-electron chi connectivity index (χ4n) is 2.35. The topological polar surface area (TPSA) is 68.9 Å². The predicted molar refractivity (Wildman–Crippen MR) is 60.8 cm³/mol. The van der Waals surface area contributed by atoms with Crippen LogP contribution in [0.25, 0.3) is 0 Å². The van der Waals surface area contributed by atoms with Crippen LogP contribution in [0.3, 0.4) is 0 Å². The van der Waals surface area contributed by atoms with Gasteiger partial charge in [0.1, 0.15) is 11.9 Å². The lowest BCUT2D eigenvalue weighted by Gasteiger charge is -2.46. The number of aliphatic hydroxyl groups is 1. The van der Waals surface area contributed by atoms with E-state index >= 15 is 0 Å². The molecule has 0 atom stereocenters. The molecule has 1 fully saturated rings. The van der Waals surface area contributed by atoms with E-state index < -0.39 is 0 Å². The predicted octanol–water partition coefficient (Wildman–Crippen LogP) is 1.53. The van der Waals surface area contributed by atoms with Crippen LogP contribution in [-0.2, 0) is 0 Å². The summed E-state index contributed by atoms with van der Waals surface area (Å²) in [5, 5.41) is 21.3. The summed E-state index contributed by atoms with van der Waals surface area (Å²) in [6, 6.07) is 5.53. The molecule has 0 radical (unpaired) electrons. The molecule has 1 aliphatic carbocycles. The van der Waals surface area contributed by atoms with Crippen molar-refractivity contribution in [1.29, 1.82) is 5.26 Å². The zero-order chi connectivity index (χ0) is 11.6. The Kier molecular flexibility index (Phi) is 2.80. The number of anilines is 1. The summed E-state index contributed by atoms with van der Waals surface area (Å²) in [6.45, 7) is 2.29. The normalized spacial score (nSPS) is 27.9. The third kappa shape index (κ3) is 2.00. The van der Waals surface area contributed by atoms with Crippen molar-refractivity contribution < 1.29 is 5.11 Å². The summed E-state index contributed by atoms with van der Waals surface area (Å²) < 4.78 is 0. The van der Waals surface area contributed by atoms with E-state index in [0.717, 1.165) is 18.7 Å². The molecule has 84 valence electrons. The third-order valence-corrected chi connectivity index (χ3v) is 3.07. The fourth-order valence-corrected chi connectivity index (χ4v) is 2.35. The van der Waals surface area contributed by atoms with E-state index in [-0.39, 0.29) is 12.1 Å². The molecule has 2 rings (SSSR count). The molecule has 1 aromatic heterocycles. The first kappa shape index (κ1) is 10.9. The summed E-state index contributed by atoms with van der Waals surface area (Å²) >= 11 is 0. The maximum atomic E-state index is 9.37. The van der Waals surface area contributed by atoms with Crippen molar-refractivity contribution in [3.63, 3.8) is 0 Å². The van der Waals surface area contributed by atoms with Gasteiger partial charge in [-0.05, 0) is 30.9 Å². The molecule has 0 amide bonds. The van der Waals surface area contributed by atoms with Crippen molar-refractivity contribution in [1.82, 2.24) is 4.98 Å². The lowest BCUT2D eigenvalue weighted by molar-refractivity contribution is 0.0989. The summed E-state index contributed by atoms with van der Waals surface area (Å²) in [5.41, 5.74) is 0.339. The molecule has 0 aromatic carbocycles. The minimum atomic E-state index is -0.208. The Morgan fingerprint density at radius 3 is 2.81 bits per heavy atom. The maximum Gasteiger partial charge on any atom is 0.126 e. The first-order valence-corrected chi connectivity index (χ1v) is 5.43. The highest BCUT2D eigenvalue weighted by atomic mass is 16.3. The zero-order valence-electron chi connectivity index (χ0n) is 9.27. The molecule has 1 aliphatic rings. The van der Waals surface area contributed by atoms with Crippen LogP contribution in [0, 0.1) is 17.2 Å². The number of aliphatic hydroxyl groups excluding tert-OH is 1. The van der Waals surface area contributed by atoms with Crippen LogP contribution >= 0.6 is 0 Å². The Morgan fingerprint density at radius 2 is 2.38 bits per heavy atom. The highest BCUT2D eigenvalue weighted by Gasteiger charge is 2.41. The average molecular weight is 217 g/mol. The largest absolute Gasteiger partial charge is 0.394 e. The number of rotatable bonds is 3. The number of hydrogen-bond acceptors (Lipinski definition) is 4. The molecule has 0 aliphatic heterocycles. The monoisotopic (exact) mass is 217 g/mol. The van der Waals surface area contributed by atoms with Crippen molar-refractivity contribution in [3.8, 4) is 6.07 Å². The van der Waals surface area contributed by atoms with Crippen molar-refractivity contribution >= 4 is 5.82 Å². The Labute approximate surface area is 94.9 Å². The van der Waals surface area contributed by atoms with Gasteiger partial charge >= 0.3 is 0 Å². The SMILES string of the molecule is CC1CC(CO)(Nc2ccc(C#N)cn2)C1. The van der Waals surface area contributed by atoms with Gasteiger partial charge in [-0.15, -0.1) is 0 Å². The molecule has 4 nitrogen and oxygen atoms in total. The van der Waals surface area contributed by atoms with Crippen LogP contribution in [0.1, 0.15) is 25.3 Å². The van der Waals surface area contributed by atoms with Gasteiger partial charge in [0.2, 0.25) is 0 Å². The standard InChI is InChI=1S/C12H15N3O/c1-9-4-12(5-9,8-16)15-11-3-2-10(6-13)7-14-11/h2-3,7,9,16H,4-5,8H2,1H3,(H,14,15). The van der Waals surface area contributed by atoms with Gasteiger partial charge in [-0.25, -0.2) is 4.98 Å². The highest BCUT2D eigenvalue weighted by Crippen LogP contribution is 2.39. The van der Waals surface area contributed by atoms with Crippen molar-refractivity contribution in [2.75, 3.05) is 11.9 Å². The Hall–Kier alpha value is -1.60. The number of nitrogens with zero attached hydrogens (tertiary/aromatic N) is 2. The zero-order valence-corrected chi connectivity index (χ0v) is 9.27. The molecule has 1 aromatic rings. The molecule has 0 spiro atoms. The average Bonchev–Trinajstić information content (AvgIpc) is 2.27. The van der Waals surface area contributed by atoms with Crippen LogP contribution in [0.15, 0.2) is 18.3 Å². The molecule has 1 heterocycles. The minimum Gasteiger partial charge on any atom is -0.394 e. The molecule has 16 heavy (non-hydrogen) atoms.